The molecule has 0 aliphatic heterocycles. The minimum Gasteiger partial charge on any atom is -0.465 e. The number of aromatic nitrogens is 2. The highest BCUT2D eigenvalue weighted by molar-refractivity contribution is 5.98. The first kappa shape index (κ1) is 21.5. The zero-order valence-electron chi connectivity index (χ0n) is 17.9. The third-order valence-corrected chi connectivity index (χ3v) is 5.31. The molecule has 1 saturated carbocycles. The largest absolute Gasteiger partial charge is 0.465 e. The Morgan fingerprint density at radius 2 is 1.77 bits per heavy atom. The van der Waals surface area contributed by atoms with Crippen molar-refractivity contribution in [3.8, 4) is 0 Å². The number of hydrogen-bond acceptors (Lipinski definition) is 7. The van der Waals surface area contributed by atoms with Gasteiger partial charge in [0.15, 0.2) is 0 Å². The number of anilines is 2. The van der Waals surface area contributed by atoms with E-state index in [1.165, 1.54) is 7.11 Å². The minimum atomic E-state index is -0.452. The van der Waals surface area contributed by atoms with Crippen molar-refractivity contribution in [2.75, 3.05) is 31.4 Å². The molecule has 2 N–H and O–H groups in total. The van der Waals surface area contributed by atoms with Crippen LogP contribution in [0.25, 0.3) is 0 Å². The van der Waals surface area contributed by atoms with Gasteiger partial charge in [0.2, 0.25) is 5.95 Å². The fourth-order valence-corrected chi connectivity index (χ4v) is 3.69. The minimum absolute atomic E-state index is 0.105. The molecule has 1 heterocycles. The van der Waals surface area contributed by atoms with E-state index in [9.17, 15) is 9.59 Å². The second kappa shape index (κ2) is 9.56. The molecule has 0 spiro atoms. The number of ether oxygens (including phenoxy) is 1. The molecule has 1 aromatic carbocycles. The smallest absolute Gasteiger partial charge is 0.337 e. The van der Waals surface area contributed by atoms with E-state index in [0.29, 0.717) is 17.1 Å². The molecule has 0 bridgehead atoms. The third kappa shape index (κ3) is 5.25. The lowest BCUT2D eigenvalue weighted by Gasteiger charge is -2.30. The Bertz CT molecular complexity index is 907. The molecule has 160 valence electrons. The predicted octanol–water partition coefficient (Wildman–Crippen LogP) is 2.79. The summed E-state index contributed by atoms with van der Waals surface area (Å²) in [7, 11) is 5.26. The zero-order valence-corrected chi connectivity index (χ0v) is 17.9. The number of benzene rings is 1. The van der Waals surface area contributed by atoms with E-state index < -0.39 is 5.97 Å². The number of nitrogens with zero attached hydrogens (tertiary/aromatic N) is 3. The van der Waals surface area contributed by atoms with Crippen LogP contribution in [0.5, 0.6) is 0 Å². The first-order valence-electron chi connectivity index (χ1n) is 10.1. The lowest BCUT2D eigenvalue weighted by molar-refractivity contribution is 0.0600. The van der Waals surface area contributed by atoms with E-state index in [-0.39, 0.29) is 18.0 Å². The summed E-state index contributed by atoms with van der Waals surface area (Å²) in [6.07, 6.45) is 5.40. The number of methoxy groups -OCH3 is 1. The Morgan fingerprint density at radius 3 is 2.43 bits per heavy atom. The second-order valence-electron chi connectivity index (χ2n) is 7.83. The molecule has 0 saturated heterocycles. The lowest BCUT2D eigenvalue weighted by atomic mass is 9.91. The topological polar surface area (TPSA) is 96.5 Å². The molecule has 1 aromatic heterocycles. The second-order valence-corrected chi connectivity index (χ2v) is 7.83. The number of carbonyl (C=O) groups is 2. The van der Waals surface area contributed by atoms with Crippen LogP contribution in [-0.4, -0.2) is 55.1 Å². The van der Waals surface area contributed by atoms with E-state index in [4.69, 9.17) is 4.74 Å². The van der Waals surface area contributed by atoms with Gasteiger partial charge in [-0.25, -0.2) is 9.78 Å². The van der Waals surface area contributed by atoms with Crippen LogP contribution in [-0.2, 0) is 4.74 Å². The highest BCUT2D eigenvalue weighted by Crippen LogP contribution is 2.23. The molecule has 0 radical (unpaired) electrons. The van der Waals surface area contributed by atoms with Crippen molar-refractivity contribution in [2.45, 2.75) is 44.7 Å². The summed E-state index contributed by atoms with van der Waals surface area (Å²) in [5.41, 5.74) is 1.86. The highest BCUT2D eigenvalue weighted by atomic mass is 16.5. The molecule has 1 fully saturated rings. The number of nitrogens with one attached hydrogen (secondary N) is 2. The molecule has 1 amide bonds. The average Bonchev–Trinajstić information content (AvgIpc) is 2.75. The van der Waals surface area contributed by atoms with Crippen LogP contribution in [0, 0.1) is 6.92 Å². The van der Waals surface area contributed by atoms with Gasteiger partial charge >= 0.3 is 5.97 Å². The number of aryl methyl sites for hydroxylation is 1. The molecule has 3 rings (SSSR count). The zero-order chi connectivity index (χ0) is 21.7. The first-order chi connectivity index (χ1) is 14.4. The van der Waals surface area contributed by atoms with Crippen molar-refractivity contribution in [3.05, 3.63) is 47.2 Å². The molecule has 30 heavy (non-hydrogen) atoms. The van der Waals surface area contributed by atoms with Gasteiger partial charge in [0.1, 0.15) is 5.82 Å². The lowest BCUT2D eigenvalue weighted by Crippen LogP contribution is -2.40. The van der Waals surface area contributed by atoms with Gasteiger partial charge in [-0.15, -0.1) is 0 Å². The van der Waals surface area contributed by atoms with E-state index in [0.717, 1.165) is 37.1 Å². The molecule has 0 unspecified atom stereocenters. The normalized spacial score (nSPS) is 18.4. The molecule has 1 aliphatic rings. The van der Waals surface area contributed by atoms with Crippen LogP contribution in [0.1, 0.15) is 52.0 Å². The van der Waals surface area contributed by atoms with Gasteiger partial charge in [-0.05, 0) is 50.8 Å². The Labute approximate surface area is 177 Å². The Kier molecular flexibility index (Phi) is 6.87. The molecule has 2 aromatic rings. The fraction of sp³-hybridized carbons (Fsp3) is 0.455. The molecule has 0 atom stereocenters. The van der Waals surface area contributed by atoms with Gasteiger partial charge < -0.3 is 20.3 Å². The van der Waals surface area contributed by atoms with Gasteiger partial charge in [0, 0.05) is 43.5 Å². The standard InChI is InChI=1S/C22H29N5O3/c1-14-13-23-22(26-19(14)27(2)3)25-18-10-8-17(9-11-18)24-20(28)15-6-5-7-16(12-15)21(29)30-4/h5-7,12-13,17-18H,8-11H2,1-4H3,(H,24,28)(H,23,25,26)/t17-,18+. The predicted molar refractivity (Wildman–Crippen MR) is 116 cm³/mol. The average molecular weight is 412 g/mol. The summed E-state index contributed by atoms with van der Waals surface area (Å²) in [5, 5.41) is 6.50. The van der Waals surface area contributed by atoms with E-state index in [1.807, 2.05) is 32.1 Å². The maximum absolute atomic E-state index is 12.6. The maximum Gasteiger partial charge on any atom is 0.337 e. The van der Waals surface area contributed by atoms with Crippen LogP contribution in [0.15, 0.2) is 30.5 Å². The Balaban J connectivity index is 1.53. The monoisotopic (exact) mass is 411 g/mol. The SMILES string of the molecule is COC(=O)c1cccc(C(=O)N[C@H]2CC[C@@H](Nc3ncc(C)c(N(C)C)n3)CC2)c1. The molecule has 8 heteroatoms. The van der Waals surface area contributed by atoms with E-state index in [2.05, 4.69) is 20.6 Å². The summed E-state index contributed by atoms with van der Waals surface area (Å²) >= 11 is 0. The summed E-state index contributed by atoms with van der Waals surface area (Å²) in [6.45, 7) is 1.99. The number of rotatable bonds is 6. The molecule has 1 aliphatic carbocycles. The van der Waals surface area contributed by atoms with Crippen LogP contribution in [0.2, 0.25) is 0 Å². The Hall–Kier alpha value is -3.16. The van der Waals surface area contributed by atoms with Gasteiger partial charge in [0.25, 0.3) is 5.91 Å². The van der Waals surface area contributed by atoms with Crippen LogP contribution in [0.4, 0.5) is 11.8 Å². The number of hydrogen-bond donors (Lipinski definition) is 2. The summed E-state index contributed by atoms with van der Waals surface area (Å²) in [5.74, 6) is 0.917. The first-order valence-corrected chi connectivity index (χ1v) is 10.1. The highest BCUT2D eigenvalue weighted by Gasteiger charge is 2.24. The molecule has 8 nitrogen and oxygen atoms in total. The number of carbonyl (C=O) groups excluding carboxylic acids is 2. The van der Waals surface area contributed by atoms with E-state index in [1.54, 1.807) is 24.3 Å². The number of amides is 1. The summed E-state index contributed by atoms with van der Waals surface area (Å²) in [4.78, 5) is 35.2. The van der Waals surface area contributed by atoms with Crippen LogP contribution < -0.4 is 15.5 Å². The van der Waals surface area contributed by atoms with Gasteiger partial charge in [-0.1, -0.05) is 6.07 Å². The summed E-state index contributed by atoms with van der Waals surface area (Å²) < 4.78 is 4.72. The maximum atomic E-state index is 12.6. The van der Waals surface area contributed by atoms with Crippen molar-refractivity contribution < 1.29 is 14.3 Å². The summed E-state index contributed by atoms with van der Waals surface area (Å²) in [6, 6.07) is 6.96. The van der Waals surface area contributed by atoms with Crippen molar-refractivity contribution in [1.29, 1.82) is 0 Å². The van der Waals surface area contributed by atoms with Gasteiger partial charge in [-0.2, -0.15) is 4.98 Å². The van der Waals surface area contributed by atoms with E-state index >= 15 is 0 Å². The fourth-order valence-electron chi connectivity index (χ4n) is 3.69. The quantitative estimate of drug-likeness (QED) is 0.706. The van der Waals surface area contributed by atoms with Crippen LogP contribution >= 0.6 is 0 Å². The van der Waals surface area contributed by atoms with Crippen molar-refractivity contribution in [3.63, 3.8) is 0 Å². The molecular formula is C22H29N5O3. The Morgan fingerprint density at radius 1 is 1.10 bits per heavy atom. The third-order valence-electron chi connectivity index (χ3n) is 5.31. The van der Waals surface area contributed by atoms with Crippen LogP contribution in [0.3, 0.4) is 0 Å². The molecular weight excluding hydrogens is 382 g/mol. The van der Waals surface area contributed by atoms with Gasteiger partial charge in [-0.3, -0.25) is 4.79 Å². The van der Waals surface area contributed by atoms with Crippen molar-refractivity contribution in [1.82, 2.24) is 15.3 Å². The number of esters is 1. The van der Waals surface area contributed by atoms with Gasteiger partial charge in [0.05, 0.1) is 12.7 Å². The van der Waals surface area contributed by atoms with Crippen molar-refractivity contribution in [2.24, 2.45) is 0 Å². The van der Waals surface area contributed by atoms with Crippen molar-refractivity contribution >= 4 is 23.6 Å².